The molecule has 0 spiro atoms. The van der Waals surface area contributed by atoms with Crippen LogP contribution in [0.2, 0.25) is 0 Å². The number of amides is 2. The molecule has 1 aliphatic rings. The Hall–Kier alpha value is -3.35. The second kappa shape index (κ2) is 7.49. The van der Waals surface area contributed by atoms with Crippen LogP contribution in [-0.4, -0.2) is 29.0 Å². The summed E-state index contributed by atoms with van der Waals surface area (Å²) in [6.07, 6.45) is -0.975. The number of hydrogen-bond donors (Lipinski definition) is 3. The van der Waals surface area contributed by atoms with Crippen LogP contribution in [0.25, 0.3) is 0 Å². The largest absolute Gasteiger partial charge is 0.481 e. The predicted octanol–water partition coefficient (Wildman–Crippen LogP) is 2.66. The second-order valence-corrected chi connectivity index (χ2v) is 6.41. The number of hydrogen-bond acceptors (Lipinski definition) is 4. The van der Waals surface area contributed by atoms with Crippen molar-refractivity contribution in [2.24, 2.45) is 0 Å². The first kappa shape index (κ1) is 18.4. The van der Waals surface area contributed by atoms with E-state index >= 15 is 0 Å². The average Bonchev–Trinajstić information content (AvgIpc) is 2.61. The molecular weight excluding hydrogens is 348 g/mol. The van der Waals surface area contributed by atoms with Gasteiger partial charge in [0, 0.05) is 0 Å². The molecule has 140 valence electrons. The zero-order chi connectivity index (χ0) is 19.6. The quantitative estimate of drug-likeness (QED) is 0.753. The first-order chi connectivity index (χ1) is 12.9. The summed E-state index contributed by atoms with van der Waals surface area (Å²) in [6.45, 7) is 3.45. The lowest BCUT2D eigenvalue weighted by molar-refractivity contribution is -0.137. The molecule has 3 rings (SSSR count). The van der Waals surface area contributed by atoms with Gasteiger partial charge in [-0.2, -0.15) is 0 Å². The van der Waals surface area contributed by atoms with Gasteiger partial charge in [-0.25, -0.2) is 0 Å². The van der Waals surface area contributed by atoms with Gasteiger partial charge in [-0.05, 0) is 37.1 Å². The Morgan fingerprint density at radius 3 is 2.67 bits per heavy atom. The normalized spacial score (nSPS) is 16.5. The van der Waals surface area contributed by atoms with Gasteiger partial charge in [0.05, 0.1) is 23.7 Å². The van der Waals surface area contributed by atoms with E-state index in [-0.39, 0.29) is 23.6 Å². The summed E-state index contributed by atoms with van der Waals surface area (Å²) in [4.78, 5) is 35.9. The number of ether oxygens (including phenoxy) is 1. The SMILES string of the molecule is Cc1ccccc1C(CC(=O)O)NC(=O)c1cccc2c1OC(C)C(=O)N2. The van der Waals surface area contributed by atoms with Gasteiger partial charge in [0.1, 0.15) is 0 Å². The Kier molecular flexibility index (Phi) is 5.12. The molecule has 2 unspecified atom stereocenters. The molecule has 1 aliphatic heterocycles. The Morgan fingerprint density at radius 1 is 1.22 bits per heavy atom. The number of carbonyl (C=O) groups is 3. The highest BCUT2D eigenvalue weighted by Crippen LogP contribution is 2.34. The molecule has 0 bridgehead atoms. The molecular formula is C20H20N2O5. The molecule has 0 aliphatic carbocycles. The van der Waals surface area contributed by atoms with Gasteiger partial charge in [-0.1, -0.05) is 30.3 Å². The van der Waals surface area contributed by atoms with E-state index in [2.05, 4.69) is 10.6 Å². The average molecular weight is 368 g/mol. The van der Waals surface area contributed by atoms with E-state index in [1.165, 1.54) is 0 Å². The van der Waals surface area contributed by atoms with Crippen molar-refractivity contribution in [3.8, 4) is 5.75 Å². The van der Waals surface area contributed by atoms with Crippen molar-refractivity contribution in [3.05, 3.63) is 59.2 Å². The third-order valence-electron chi connectivity index (χ3n) is 4.43. The molecule has 0 saturated heterocycles. The lowest BCUT2D eigenvalue weighted by atomic mass is 9.98. The summed E-state index contributed by atoms with van der Waals surface area (Å²) in [7, 11) is 0. The molecule has 0 saturated carbocycles. The van der Waals surface area contributed by atoms with Crippen LogP contribution in [0.15, 0.2) is 42.5 Å². The highest BCUT2D eigenvalue weighted by Gasteiger charge is 2.29. The maximum atomic E-state index is 12.9. The fourth-order valence-corrected chi connectivity index (χ4v) is 3.03. The van der Waals surface area contributed by atoms with E-state index in [9.17, 15) is 19.5 Å². The number of carboxylic acids is 1. The minimum atomic E-state index is -1.02. The number of carbonyl (C=O) groups excluding carboxylic acids is 2. The zero-order valence-electron chi connectivity index (χ0n) is 15.0. The molecule has 2 aromatic rings. The van der Waals surface area contributed by atoms with Crippen LogP contribution in [-0.2, 0) is 9.59 Å². The van der Waals surface area contributed by atoms with Crippen LogP contribution in [0.4, 0.5) is 5.69 Å². The predicted molar refractivity (Wildman–Crippen MR) is 98.8 cm³/mol. The summed E-state index contributed by atoms with van der Waals surface area (Å²) >= 11 is 0. The van der Waals surface area contributed by atoms with Crippen molar-refractivity contribution in [1.29, 1.82) is 0 Å². The highest BCUT2D eigenvalue weighted by atomic mass is 16.5. The topological polar surface area (TPSA) is 105 Å². The fraction of sp³-hybridized carbons (Fsp3) is 0.250. The number of aryl methyl sites for hydroxylation is 1. The standard InChI is InChI=1S/C20H20N2O5/c1-11-6-3-4-7-13(11)16(10-17(23)24)22-20(26)14-8-5-9-15-18(14)27-12(2)19(25)21-15/h3-9,12,16H,10H2,1-2H3,(H,21,25)(H,22,26)(H,23,24). The molecule has 2 aromatic carbocycles. The Labute approximate surface area is 156 Å². The summed E-state index contributed by atoms with van der Waals surface area (Å²) in [5.41, 5.74) is 2.27. The molecule has 7 heteroatoms. The Balaban J connectivity index is 1.91. The number of anilines is 1. The summed E-state index contributed by atoms with van der Waals surface area (Å²) in [5.74, 6) is -1.50. The van der Waals surface area contributed by atoms with Crippen molar-refractivity contribution in [1.82, 2.24) is 5.32 Å². The number of benzene rings is 2. The fourth-order valence-electron chi connectivity index (χ4n) is 3.03. The van der Waals surface area contributed by atoms with E-state index < -0.39 is 24.0 Å². The smallest absolute Gasteiger partial charge is 0.305 e. The maximum absolute atomic E-state index is 12.9. The molecule has 27 heavy (non-hydrogen) atoms. The van der Waals surface area contributed by atoms with Gasteiger partial charge in [0.2, 0.25) is 0 Å². The second-order valence-electron chi connectivity index (χ2n) is 6.41. The van der Waals surface area contributed by atoms with Gasteiger partial charge in [0.15, 0.2) is 11.9 Å². The van der Waals surface area contributed by atoms with Gasteiger partial charge in [-0.3, -0.25) is 14.4 Å². The van der Waals surface area contributed by atoms with Crippen LogP contribution in [0.5, 0.6) is 5.75 Å². The van der Waals surface area contributed by atoms with Crippen molar-refractivity contribution in [2.75, 3.05) is 5.32 Å². The third kappa shape index (κ3) is 3.92. The van der Waals surface area contributed by atoms with Crippen LogP contribution < -0.4 is 15.4 Å². The number of para-hydroxylation sites is 1. The van der Waals surface area contributed by atoms with Crippen molar-refractivity contribution >= 4 is 23.5 Å². The van der Waals surface area contributed by atoms with Gasteiger partial charge < -0.3 is 20.5 Å². The molecule has 1 heterocycles. The van der Waals surface area contributed by atoms with E-state index in [0.29, 0.717) is 5.69 Å². The lowest BCUT2D eigenvalue weighted by Crippen LogP contribution is -2.36. The van der Waals surface area contributed by atoms with Crippen molar-refractivity contribution < 1.29 is 24.2 Å². The van der Waals surface area contributed by atoms with Crippen molar-refractivity contribution in [2.45, 2.75) is 32.4 Å². The lowest BCUT2D eigenvalue weighted by Gasteiger charge is -2.26. The Morgan fingerprint density at radius 2 is 1.96 bits per heavy atom. The Bertz CT molecular complexity index is 909. The van der Waals surface area contributed by atoms with E-state index in [0.717, 1.165) is 11.1 Å². The minimum absolute atomic E-state index is 0.239. The summed E-state index contributed by atoms with van der Waals surface area (Å²) in [6, 6.07) is 11.5. The van der Waals surface area contributed by atoms with Crippen molar-refractivity contribution in [3.63, 3.8) is 0 Å². The molecule has 7 nitrogen and oxygen atoms in total. The van der Waals surface area contributed by atoms with Crippen LogP contribution in [0.3, 0.4) is 0 Å². The maximum Gasteiger partial charge on any atom is 0.305 e. The number of fused-ring (bicyclic) bond motifs is 1. The van der Waals surface area contributed by atoms with Crippen LogP contribution in [0.1, 0.15) is 40.9 Å². The molecule has 3 N–H and O–H groups in total. The summed E-state index contributed by atoms with van der Waals surface area (Å²) in [5, 5.41) is 14.7. The summed E-state index contributed by atoms with van der Waals surface area (Å²) < 4.78 is 5.60. The highest BCUT2D eigenvalue weighted by molar-refractivity contribution is 6.04. The molecule has 0 aromatic heterocycles. The number of carboxylic acid groups (broad SMARTS) is 1. The minimum Gasteiger partial charge on any atom is -0.481 e. The number of aliphatic carboxylic acids is 1. The van der Waals surface area contributed by atoms with Crippen LogP contribution >= 0.6 is 0 Å². The third-order valence-corrected chi connectivity index (χ3v) is 4.43. The first-order valence-electron chi connectivity index (χ1n) is 8.55. The molecule has 2 amide bonds. The van der Waals surface area contributed by atoms with E-state index in [1.807, 2.05) is 19.1 Å². The molecule has 2 atom stereocenters. The van der Waals surface area contributed by atoms with Gasteiger partial charge >= 0.3 is 5.97 Å². The number of nitrogens with one attached hydrogen (secondary N) is 2. The zero-order valence-corrected chi connectivity index (χ0v) is 15.0. The van der Waals surface area contributed by atoms with E-state index in [4.69, 9.17) is 4.74 Å². The number of rotatable bonds is 5. The first-order valence-corrected chi connectivity index (χ1v) is 8.55. The van der Waals surface area contributed by atoms with Crippen LogP contribution in [0, 0.1) is 6.92 Å². The van der Waals surface area contributed by atoms with Gasteiger partial charge in [0.25, 0.3) is 11.8 Å². The van der Waals surface area contributed by atoms with E-state index in [1.54, 1.807) is 37.3 Å². The molecule has 0 fully saturated rings. The molecule has 0 radical (unpaired) electrons. The monoisotopic (exact) mass is 368 g/mol. The van der Waals surface area contributed by atoms with Gasteiger partial charge in [-0.15, -0.1) is 0 Å².